The molecule has 6 heteroatoms. The first-order chi connectivity index (χ1) is 10.1. The van der Waals surface area contributed by atoms with Crippen LogP contribution in [0, 0.1) is 0 Å². The molecule has 0 aliphatic heterocycles. The van der Waals surface area contributed by atoms with E-state index in [2.05, 4.69) is 15.3 Å². The number of hydrogen-bond donors (Lipinski definition) is 2. The van der Waals surface area contributed by atoms with Gasteiger partial charge in [0.1, 0.15) is 5.69 Å². The number of aliphatic carboxylic acids is 1. The smallest absolute Gasteiger partial charge is 0.328 e. The van der Waals surface area contributed by atoms with Crippen molar-refractivity contribution in [3.63, 3.8) is 0 Å². The lowest BCUT2D eigenvalue weighted by molar-refractivity contribution is -0.131. The zero-order valence-corrected chi connectivity index (χ0v) is 11.1. The summed E-state index contributed by atoms with van der Waals surface area (Å²) >= 11 is 0. The molecule has 2 rings (SSSR count). The highest BCUT2D eigenvalue weighted by Gasteiger charge is 2.06. The number of nitrogens with zero attached hydrogens (tertiary/aromatic N) is 2. The molecular formula is C15H13N3O3. The Balaban J connectivity index is 1.95. The van der Waals surface area contributed by atoms with Crippen LogP contribution in [-0.4, -0.2) is 27.0 Å². The molecule has 0 aromatic carbocycles. The van der Waals surface area contributed by atoms with Crippen LogP contribution in [0.1, 0.15) is 21.6 Å². The van der Waals surface area contributed by atoms with Crippen LogP contribution in [0.25, 0.3) is 6.08 Å². The number of carbonyl (C=O) groups is 2. The molecule has 0 bridgehead atoms. The second-order valence-electron chi connectivity index (χ2n) is 4.19. The maximum absolute atomic E-state index is 11.9. The summed E-state index contributed by atoms with van der Waals surface area (Å²) < 4.78 is 0. The first kappa shape index (κ1) is 14.4. The van der Waals surface area contributed by atoms with Crippen LogP contribution in [0.2, 0.25) is 0 Å². The largest absolute Gasteiger partial charge is 0.478 e. The number of nitrogens with one attached hydrogen (secondary N) is 1. The lowest BCUT2D eigenvalue weighted by Crippen LogP contribution is -2.23. The van der Waals surface area contributed by atoms with Crippen LogP contribution in [-0.2, 0) is 11.3 Å². The molecule has 0 spiro atoms. The molecule has 0 fully saturated rings. The first-order valence-electron chi connectivity index (χ1n) is 6.19. The van der Waals surface area contributed by atoms with E-state index in [0.29, 0.717) is 12.1 Å². The highest BCUT2D eigenvalue weighted by Crippen LogP contribution is 2.03. The topological polar surface area (TPSA) is 92.2 Å². The van der Waals surface area contributed by atoms with Gasteiger partial charge >= 0.3 is 5.97 Å². The number of carboxylic acid groups (broad SMARTS) is 1. The number of carboxylic acids is 1. The van der Waals surface area contributed by atoms with Crippen LogP contribution in [0.15, 0.2) is 48.9 Å². The molecule has 0 aliphatic carbocycles. The van der Waals surface area contributed by atoms with E-state index in [1.165, 1.54) is 12.3 Å². The van der Waals surface area contributed by atoms with E-state index in [4.69, 9.17) is 5.11 Å². The van der Waals surface area contributed by atoms with E-state index in [-0.39, 0.29) is 11.6 Å². The van der Waals surface area contributed by atoms with Crippen LogP contribution in [0.4, 0.5) is 0 Å². The van der Waals surface area contributed by atoms with Crippen LogP contribution >= 0.6 is 0 Å². The van der Waals surface area contributed by atoms with Gasteiger partial charge < -0.3 is 10.4 Å². The molecule has 0 aliphatic rings. The molecule has 0 atom stereocenters. The van der Waals surface area contributed by atoms with Gasteiger partial charge in [0.25, 0.3) is 5.91 Å². The third kappa shape index (κ3) is 4.54. The molecule has 0 saturated heterocycles. The fraction of sp³-hybridized carbons (Fsp3) is 0.0667. The monoisotopic (exact) mass is 283 g/mol. The van der Waals surface area contributed by atoms with Crippen molar-refractivity contribution in [2.24, 2.45) is 0 Å². The van der Waals surface area contributed by atoms with Crippen LogP contribution < -0.4 is 5.32 Å². The zero-order valence-electron chi connectivity index (χ0n) is 11.1. The predicted octanol–water partition coefficient (Wildman–Crippen LogP) is 1.50. The molecular weight excluding hydrogens is 270 g/mol. The second kappa shape index (κ2) is 6.95. The van der Waals surface area contributed by atoms with E-state index in [1.54, 1.807) is 24.5 Å². The minimum atomic E-state index is -1.03. The van der Waals surface area contributed by atoms with Crippen LogP contribution in [0.3, 0.4) is 0 Å². The highest BCUT2D eigenvalue weighted by atomic mass is 16.4. The van der Waals surface area contributed by atoms with Gasteiger partial charge in [-0.25, -0.2) is 4.79 Å². The quantitative estimate of drug-likeness (QED) is 0.811. The van der Waals surface area contributed by atoms with Gasteiger partial charge in [0.2, 0.25) is 0 Å². The summed E-state index contributed by atoms with van der Waals surface area (Å²) in [6, 6.07) is 6.80. The molecule has 2 aromatic heterocycles. The van der Waals surface area contributed by atoms with Crippen molar-refractivity contribution >= 4 is 18.0 Å². The third-order valence-electron chi connectivity index (χ3n) is 2.64. The van der Waals surface area contributed by atoms with Crippen LogP contribution in [0.5, 0.6) is 0 Å². The van der Waals surface area contributed by atoms with Gasteiger partial charge in [-0.05, 0) is 35.4 Å². The van der Waals surface area contributed by atoms with Crippen molar-refractivity contribution in [3.8, 4) is 0 Å². The summed E-state index contributed by atoms with van der Waals surface area (Å²) in [5, 5.41) is 11.3. The summed E-state index contributed by atoms with van der Waals surface area (Å²) in [5.74, 6) is -1.32. The number of rotatable bonds is 5. The number of hydrogen-bond acceptors (Lipinski definition) is 4. The summed E-state index contributed by atoms with van der Waals surface area (Å²) in [6.45, 7) is 0.393. The molecule has 0 radical (unpaired) electrons. The Kier molecular flexibility index (Phi) is 4.76. The zero-order chi connectivity index (χ0) is 15.1. The molecule has 21 heavy (non-hydrogen) atoms. The summed E-state index contributed by atoms with van der Waals surface area (Å²) in [6.07, 6.45) is 7.18. The summed E-state index contributed by atoms with van der Waals surface area (Å²) in [4.78, 5) is 30.2. The van der Waals surface area contributed by atoms with Gasteiger partial charge in [0.05, 0.1) is 0 Å². The van der Waals surface area contributed by atoms with Gasteiger partial charge in [-0.1, -0.05) is 6.07 Å². The number of aromatic nitrogens is 2. The Morgan fingerprint density at radius 2 is 1.95 bits per heavy atom. The molecule has 2 heterocycles. The van der Waals surface area contributed by atoms with E-state index >= 15 is 0 Å². The highest BCUT2D eigenvalue weighted by molar-refractivity contribution is 5.92. The lowest BCUT2D eigenvalue weighted by atomic mass is 10.2. The second-order valence-corrected chi connectivity index (χ2v) is 4.19. The SMILES string of the molecule is O=C(O)C=Cc1ccc(C(=O)NCc2ccncc2)nc1. The molecule has 6 nitrogen and oxygen atoms in total. The minimum Gasteiger partial charge on any atom is -0.478 e. The van der Waals surface area contributed by atoms with Gasteiger partial charge in [0.15, 0.2) is 0 Å². The normalized spacial score (nSPS) is 10.5. The number of amides is 1. The Morgan fingerprint density at radius 1 is 1.19 bits per heavy atom. The Hall–Kier alpha value is -3.02. The van der Waals surface area contributed by atoms with E-state index in [9.17, 15) is 9.59 Å². The maximum Gasteiger partial charge on any atom is 0.328 e. The molecule has 0 saturated carbocycles. The van der Waals surface area contributed by atoms with Crippen molar-refractivity contribution in [1.29, 1.82) is 0 Å². The molecule has 2 N–H and O–H groups in total. The average molecular weight is 283 g/mol. The fourth-order valence-electron chi connectivity index (χ4n) is 1.58. The van der Waals surface area contributed by atoms with Crippen molar-refractivity contribution < 1.29 is 14.7 Å². The Morgan fingerprint density at radius 3 is 2.57 bits per heavy atom. The maximum atomic E-state index is 11.9. The number of carbonyl (C=O) groups excluding carboxylic acids is 1. The average Bonchev–Trinajstić information content (AvgIpc) is 2.52. The van der Waals surface area contributed by atoms with Gasteiger partial charge in [-0.2, -0.15) is 0 Å². The van der Waals surface area contributed by atoms with E-state index < -0.39 is 5.97 Å². The molecule has 2 aromatic rings. The first-order valence-corrected chi connectivity index (χ1v) is 6.19. The Bertz CT molecular complexity index is 652. The van der Waals surface area contributed by atoms with Crippen molar-refractivity contribution in [3.05, 3.63) is 65.8 Å². The van der Waals surface area contributed by atoms with Gasteiger partial charge in [-0.3, -0.25) is 14.8 Å². The lowest BCUT2D eigenvalue weighted by Gasteiger charge is -2.04. The fourth-order valence-corrected chi connectivity index (χ4v) is 1.58. The Labute approximate surface area is 121 Å². The molecule has 106 valence electrons. The van der Waals surface area contributed by atoms with E-state index in [1.807, 2.05) is 12.1 Å². The van der Waals surface area contributed by atoms with E-state index in [0.717, 1.165) is 11.6 Å². The number of pyridine rings is 2. The van der Waals surface area contributed by atoms with Crippen molar-refractivity contribution in [2.45, 2.75) is 6.54 Å². The minimum absolute atomic E-state index is 0.275. The third-order valence-corrected chi connectivity index (χ3v) is 2.64. The van der Waals surface area contributed by atoms with Crippen molar-refractivity contribution in [1.82, 2.24) is 15.3 Å². The summed E-state index contributed by atoms with van der Waals surface area (Å²) in [5.41, 5.74) is 1.83. The van der Waals surface area contributed by atoms with Gasteiger partial charge in [-0.15, -0.1) is 0 Å². The van der Waals surface area contributed by atoms with Gasteiger partial charge in [0, 0.05) is 31.2 Å². The van der Waals surface area contributed by atoms with Crippen molar-refractivity contribution in [2.75, 3.05) is 0 Å². The molecule has 0 unspecified atom stereocenters. The summed E-state index contributed by atoms with van der Waals surface area (Å²) in [7, 11) is 0. The predicted molar refractivity (Wildman–Crippen MR) is 76.3 cm³/mol. The molecule has 1 amide bonds. The standard InChI is InChI=1S/C15H13N3O3/c19-14(20)4-2-11-1-3-13(17-9-11)15(21)18-10-12-5-7-16-8-6-12/h1-9H,10H2,(H,18,21)(H,19,20).